The average molecular weight is 259 g/mol. The molecule has 1 aromatic heterocycles. The zero-order chi connectivity index (χ0) is 13.5. The number of nitrogens with two attached hydrogens (primary N) is 1. The van der Waals surface area contributed by atoms with Crippen LogP contribution in [0, 0.1) is 0 Å². The maximum absolute atomic E-state index is 9.01. The molecule has 0 saturated carbocycles. The van der Waals surface area contributed by atoms with E-state index in [0.717, 1.165) is 16.9 Å². The van der Waals surface area contributed by atoms with Crippen LogP contribution in [0.25, 0.3) is 0 Å². The Morgan fingerprint density at radius 2 is 2.11 bits per heavy atom. The van der Waals surface area contributed by atoms with Gasteiger partial charge in [-0.2, -0.15) is 0 Å². The molecular weight excluding hydrogens is 242 g/mol. The van der Waals surface area contributed by atoms with Crippen LogP contribution in [-0.4, -0.2) is 16.7 Å². The number of nitrogen functional groups attached to an aromatic ring is 1. The van der Waals surface area contributed by atoms with E-state index in [0.29, 0.717) is 18.8 Å². The van der Waals surface area contributed by atoms with E-state index in [-0.39, 0.29) is 6.61 Å². The van der Waals surface area contributed by atoms with Crippen LogP contribution >= 0.6 is 0 Å². The highest BCUT2D eigenvalue weighted by Crippen LogP contribution is 2.20. The minimum absolute atomic E-state index is 0.108. The minimum Gasteiger partial charge on any atom is -0.489 e. The van der Waals surface area contributed by atoms with Crippen molar-refractivity contribution in [1.29, 1.82) is 0 Å². The molecule has 0 amide bonds. The highest BCUT2D eigenvalue weighted by molar-refractivity contribution is 5.37. The highest BCUT2D eigenvalue weighted by atomic mass is 16.5. The first-order valence-corrected chi connectivity index (χ1v) is 6.06. The summed E-state index contributed by atoms with van der Waals surface area (Å²) in [7, 11) is 0. The standard InChI is InChI=1S/C14H17N3O2/c15-17-14-9-11(5-7-16-14)10-19-13-4-2-1-3-12(13)6-8-18/h1-5,7,9,18H,6,8,10,15H2,(H,16,17). The number of para-hydroxylation sites is 1. The number of nitrogens with one attached hydrogen (secondary N) is 1. The topological polar surface area (TPSA) is 80.4 Å². The maximum atomic E-state index is 9.01. The molecule has 0 bridgehead atoms. The number of pyridine rings is 1. The van der Waals surface area contributed by atoms with Gasteiger partial charge in [0.25, 0.3) is 0 Å². The summed E-state index contributed by atoms with van der Waals surface area (Å²) in [5.41, 5.74) is 4.47. The third-order valence-corrected chi connectivity index (χ3v) is 2.72. The molecule has 0 spiro atoms. The SMILES string of the molecule is NNc1cc(COc2ccccc2CCO)ccn1. The molecule has 1 heterocycles. The van der Waals surface area contributed by atoms with Crippen LogP contribution in [0.4, 0.5) is 5.82 Å². The normalized spacial score (nSPS) is 10.2. The van der Waals surface area contributed by atoms with Gasteiger partial charge < -0.3 is 15.3 Å². The number of aromatic nitrogens is 1. The van der Waals surface area contributed by atoms with Crippen molar-refractivity contribution in [1.82, 2.24) is 4.98 Å². The monoisotopic (exact) mass is 259 g/mol. The third-order valence-electron chi connectivity index (χ3n) is 2.72. The molecule has 0 fully saturated rings. The number of hydrogen-bond acceptors (Lipinski definition) is 5. The molecule has 2 rings (SSSR count). The largest absolute Gasteiger partial charge is 0.489 e. The van der Waals surface area contributed by atoms with Crippen molar-refractivity contribution in [3.8, 4) is 5.75 Å². The number of nitrogens with zero attached hydrogens (tertiary/aromatic N) is 1. The van der Waals surface area contributed by atoms with Gasteiger partial charge in [-0.3, -0.25) is 0 Å². The molecule has 5 heteroatoms. The van der Waals surface area contributed by atoms with Crippen molar-refractivity contribution < 1.29 is 9.84 Å². The van der Waals surface area contributed by atoms with Crippen molar-refractivity contribution in [3.05, 3.63) is 53.7 Å². The lowest BCUT2D eigenvalue weighted by Gasteiger charge is -2.11. The molecule has 0 aliphatic heterocycles. The molecule has 0 radical (unpaired) electrons. The Hall–Kier alpha value is -2.11. The summed E-state index contributed by atoms with van der Waals surface area (Å²) >= 11 is 0. The van der Waals surface area contributed by atoms with Crippen molar-refractivity contribution >= 4 is 5.82 Å². The number of aliphatic hydroxyl groups excluding tert-OH is 1. The van der Waals surface area contributed by atoms with E-state index in [2.05, 4.69) is 10.4 Å². The van der Waals surface area contributed by atoms with Gasteiger partial charge in [-0.05, 0) is 35.7 Å². The Labute approximate surface area is 112 Å². The second-order valence-electron chi connectivity index (χ2n) is 4.06. The Morgan fingerprint density at radius 3 is 2.89 bits per heavy atom. The molecule has 100 valence electrons. The first kappa shape index (κ1) is 13.3. The van der Waals surface area contributed by atoms with E-state index in [1.165, 1.54) is 0 Å². The number of aliphatic hydroxyl groups is 1. The van der Waals surface area contributed by atoms with Crippen LogP contribution in [0.15, 0.2) is 42.6 Å². The first-order chi connectivity index (χ1) is 9.33. The van der Waals surface area contributed by atoms with E-state index in [1.54, 1.807) is 6.20 Å². The van der Waals surface area contributed by atoms with E-state index in [9.17, 15) is 0 Å². The highest BCUT2D eigenvalue weighted by Gasteiger charge is 2.03. The molecule has 4 N–H and O–H groups in total. The second kappa shape index (κ2) is 6.72. The molecular formula is C14H17N3O2. The number of benzene rings is 1. The fraction of sp³-hybridized carbons (Fsp3) is 0.214. The molecule has 2 aromatic rings. The Kier molecular flexibility index (Phi) is 4.72. The fourth-order valence-corrected chi connectivity index (χ4v) is 1.78. The number of anilines is 1. The summed E-state index contributed by atoms with van der Waals surface area (Å²) in [5, 5.41) is 9.01. The summed E-state index contributed by atoms with van der Waals surface area (Å²) in [6.45, 7) is 0.538. The summed E-state index contributed by atoms with van der Waals surface area (Å²) in [6.07, 6.45) is 2.26. The fourth-order valence-electron chi connectivity index (χ4n) is 1.78. The van der Waals surface area contributed by atoms with Gasteiger partial charge in [0.05, 0.1) is 0 Å². The molecule has 0 aliphatic carbocycles. The van der Waals surface area contributed by atoms with Gasteiger partial charge in [0.1, 0.15) is 18.2 Å². The number of ether oxygens (including phenoxy) is 1. The molecule has 1 aromatic carbocycles. The summed E-state index contributed by atoms with van der Waals surface area (Å²) in [6, 6.07) is 11.4. The second-order valence-corrected chi connectivity index (χ2v) is 4.06. The van der Waals surface area contributed by atoms with Gasteiger partial charge in [-0.15, -0.1) is 0 Å². The Bertz CT molecular complexity index is 532. The summed E-state index contributed by atoms with van der Waals surface area (Å²) in [5.74, 6) is 6.70. The predicted molar refractivity (Wildman–Crippen MR) is 73.6 cm³/mol. The smallest absolute Gasteiger partial charge is 0.140 e. The Morgan fingerprint density at radius 1 is 1.26 bits per heavy atom. The van der Waals surface area contributed by atoms with Crippen LogP contribution in [0.5, 0.6) is 5.75 Å². The van der Waals surface area contributed by atoms with Gasteiger partial charge in [0.15, 0.2) is 0 Å². The van der Waals surface area contributed by atoms with E-state index in [4.69, 9.17) is 15.7 Å². The zero-order valence-electron chi connectivity index (χ0n) is 10.5. The lowest BCUT2D eigenvalue weighted by atomic mass is 10.1. The number of hydrogen-bond donors (Lipinski definition) is 3. The first-order valence-electron chi connectivity index (χ1n) is 6.06. The van der Waals surface area contributed by atoms with Crippen LogP contribution < -0.4 is 16.0 Å². The summed E-state index contributed by atoms with van der Waals surface area (Å²) in [4.78, 5) is 4.04. The lowest BCUT2D eigenvalue weighted by Crippen LogP contribution is -2.09. The van der Waals surface area contributed by atoms with Crippen molar-refractivity contribution in [2.45, 2.75) is 13.0 Å². The maximum Gasteiger partial charge on any atom is 0.140 e. The van der Waals surface area contributed by atoms with Crippen molar-refractivity contribution in [2.75, 3.05) is 12.0 Å². The van der Waals surface area contributed by atoms with Gasteiger partial charge in [0, 0.05) is 12.8 Å². The van der Waals surface area contributed by atoms with Crippen LogP contribution in [0.2, 0.25) is 0 Å². The summed E-state index contributed by atoms with van der Waals surface area (Å²) < 4.78 is 5.77. The van der Waals surface area contributed by atoms with E-state index in [1.807, 2.05) is 36.4 Å². The number of rotatable bonds is 6. The predicted octanol–water partition coefficient (Wildman–Crippen LogP) is 1.48. The van der Waals surface area contributed by atoms with Crippen LogP contribution in [-0.2, 0) is 13.0 Å². The van der Waals surface area contributed by atoms with Gasteiger partial charge in [-0.25, -0.2) is 10.8 Å². The molecule has 0 saturated heterocycles. The van der Waals surface area contributed by atoms with Gasteiger partial charge >= 0.3 is 0 Å². The van der Waals surface area contributed by atoms with Crippen LogP contribution in [0.3, 0.4) is 0 Å². The molecule has 0 atom stereocenters. The molecule has 0 aliphatic rings. The van der Waals surface area contributed by atoms with Crippen molar-refractivity contribution in [2.24, 2.45) is 5.84 Å². The zero-order valence-corrected chi connectivity index (χ0v) is 10.5. The molecule has 5 nitrogen and oxygen atoms in total. The lowest BCUT2D eigenvalue weighted by molar-refractivity contribution is 0.284. The Balaban J connectivity index is 2.05. The van der Waals surface area contributed by atoms with Crippen molar-refractivity contribution in [3.63, 3.8) is 0 Å². The third kappa shape index (κ3) is 3.67. The molecule has 19 heavy (non-hydrogen) atoms. The van der Waals surface area contributed by atoms with Gasteiger partial charge in [-0.1, -0.05) is 18.2 Å². The van der Waals surface area contributed by atoms with Gasteiger partial charge in [0.2, 0.25) is 0 Å². The number of hydrazine groups is 1. The van der Waals surface area contributed by atoms with E-state index >= 15 is 0 Å². The van der Waals surface area contributed by atoms with Crippen LogP contribution in [0.1, 0.15) is 11.1 Å². The molecule has 0 unspecified atom stereocenters. The quantitative estimate of drug-likeness (QED) is 0.541. The minimum atomic E-state index is 0.108. The average Bonchev–Trinajstić information content (AvgIpc) is 2.47. The van der Waals surface area contributed by atoms with E-state index < -0.39 is 0 Å².